The van der Waals surface area contributed by atoms with E-state index >= 15 is 0 Å². The summed E-state index contributed by atoms with van der Waals surface area (Å²) in [5.74, 6) is -0.0148. The maximum absolute atomic E-state index is 12.6. The Bertz CT molecular complexity index is 735. The second-order valence-electron chi connectivity index (χ2n) is 6.23. The Kier molecular flexibility index (Phi) is 6.67. The number of thioether (sulfide) groups is 1. The summed E-state index contributed by atoms with van der Waals surface area (Å²) in [7, 11) is 1.69. The largest absolute Gasteiger partial charge is 0.383 e. The second-order valence-corrected chi connectivity index (χ2v) is 7.53. The summed E-state index contributed by atoms with van der Waals surface area (Å²) in [6.45, 7) is 11.3. The van der Waals surface area contributed by atoms with Gasteiger partial charge in [-0.3, -0.25) is 4.79 Å². The molecule has 5 nitrogen and oxygen atoms in total. The number of benzene rings is 1. The van der Waals surface area contributed by atoms with Crippen molar-refractivity contribution in [1.82, 2.24) is 9.55 Å². The minimum atomic E-state index is -0.249. The number of nitrogens with zero attached hydrogens (tertiary/aromatic N) is 2. The van der Waals surface area contributed by atoms with Gasteiger partial charge >= 0.3 is 0 Å². The molecule has 0 bridgehead atoms. The molecule has 2 rings (SSSR count). The van der Waals surface area contributed by atoms with Crippen molar-refractivity contribution in [2.24, 2.45) is 0 Å². The molecule has 1 aromatic heterocycles. The quantitative estimate of drug-likeness (QED) is 0.760. The molecule has 0 spiro atoms. The van der Waals surface area contributed by atoms with E-state index in [-0.39, 0.29) is 11.2 Å². The fourth-order valence-corrected chi connectivity index (χ4v) is 3.63. The zero-order chi connectivity index (χ0) is 18.6. The summed E-state index contributed by atoms with van der Waals surface area (Å²) in [6, 6.07) is 6.01. The molecular formula is C19H27N3O2S. The van der Waals surface area contributed by atoms with Crippen LogP contribution < -0.4 is 5.32 Å². The SMILES string of the molecule is COCCn1c(S[C@H](C)C(=O)Nc2c(C)cccc2C)nc(C)c1C. The Morgan fingerprint density at radius 3 is 2.52 bits per heavy atom. The van der Waals surface area contributed by atoms with Gasteiger partial charge in [-0.25, -0.2) is 4.98 Å². The van der Waals surface area contributed by atoms with Crippen molar-refractivity contribution in [1.29, 1.82) is 0 Å². The van der Waals surface area contributed by atoms with Crippen LogP contribution in [0.4, 0.5) is 5.69 Å². The second kappa shape index (κ2) is 8.54. The summed E-state index contributed by atoms with van der Waals surface area (Å²) >= 11 is 1.48. The molecule has 0 radical (unpaired) electrons. The molecule has 1 atom stereocenters. The van der Waals surface area contributed by atoms with Crippen molar-refractivity contribution in [3.05, 3.63) is 40.7 Å². The van der Waals surface area contributed by atoms with Crippen LogP contribution in [0, 0.1) is 27.7 Å². The van der Waals surface area contributed by atoms with Crippen LogP contribution in [0.5, 0.6) is 0 Å². The van der Waals surface area contributed by atoms with E-state index in [0.717, 1.165) is 39.9 Å². The molecule has 25 heavy (non-hydrogen) atoms. The number of imidazole rings is 1. The third-order valence-corrected chi connectivity index (χ3v) is 5.41. The van der Waals surface area contributed by atoms with Gasteiger partial charge in [0.15, 0.2) is 5.16 Å². The number of aryl methyl sites for hydroxylation is 3. The Morgan fingerprint density at radius 2 is 1.92 bits per heavy atom. The molecule has 0 saturated carbocycles. The van der Waals surface area contributed by atoms with E-state index in [4.69, 9.17) is 4.74 Å². The van der Waals surface area contributed by atoms with Gasteiger partial charge in [0, 0.05) is 25.0 Å². The maximum atomic E-state index is 12.6. The van der Waals surface area contributed by atoms with Crippen LogP contribution in [0.25, 0.3) is 0 Å². The standard InChI is InChI=1S/C19H27N3O2S/c1-12-8-7-9-13(2)17(12)21-18(23)16(5)25-19-20-14(3)15(4)22(19)10-11-24-6/h7-9,16H,10-11H2,1-6H3,(H,21,23)/t16-/m1/s1. The molecular weight excluding hydrogens is 334 g/mol. The molecule has 0 aliphatic carbocycles. The van der Waals surface area contributed by atoms with Gasteiger partial charge in [-0.05, 0) is 45.7 Å². The fraction of sp³-hybridized carbons (Fsp3) is 0.474. The summed E-state index contributed by atoms with van der Waals surface area (Å²) < 4.78 is 7.30. The number of hydrogen-bond acceptors (Lipinski definition) is 4. The number of ether oxygens (including phenoxy) is 1. The van der Waals surface area contributed by atoms with Crippen molar-refractivity contribution in [3.63, 3.8) is 0 Å². The van der Waals surface area contributed by atoms with Gasteiger partial charge in [0.05, 0.1) is 17.6 Å². The van der Waals surface area contributed by atoms with Crippen LogP contribution in [-0.2, 0) is 16.1 Å². The number of para-hydroxylation sites is 1. The van der Waals surface area contributed by atoms with Gasteiger partial charge in [0.25, 0.3) is 0 Å². The third kappa shape index (κ3) is 4.64. The monoisotopic (exact) mass is 361 g/mol. The zero-order valence-electron chi connectivity index (χ0n) is 15.8. The van der Waals surface area contributed by atoms with Gasteiger partial charge in [-0.1, -0.05) is 30.0 Å². The van der Waals surface area contributed by atoms with Crippen molar-refractivity contribution in [2.75, 3.05) is 19.0 Å². The van der Waals surface area contributed by atoms with Crippen molar-refractivity contribution >= 4 is 23.4 Å². The minimum absolute atomic E-state index is 0.0148. The van der Waals surface area contributed by atoms with E-state index < -0.39 is 0 Å². The Balaban J connectivity index is 2.12. The van der Waals surface area contributed by atoms with Crippen LogP contribution in [0.15, 0.2) is 23.4 Å². The summed E-state index contributed by atoms with van der Waals surface area (Å²) in [4.78, 5) is 17.3. The zero-order valence-corrected chi connectivity index (χ0v) is 16.7. The van der Waals surface area contributed by atoms with E-state index in [2.05, 4.69) is 14.9 Å². The fourth-order valence-electron chi connectivity index (χ4n) is 2.61. The highest BCUT2D eigenvalue weighted by molar-refractivity contribution is 8.00. The lowest BCUT2D eigenvalue weighted by molar-refractivity contribution is -0.115. The first-order chi connectivity index (χ1) is 11.8. The third-order valence-electron chi connectivity index (χ3n) is 4.32. The van der Waals surface area contributed by atoms with Gasteiger partial charge in [0.1, 0.15) is 0 Å². The number of hydrogen-bond donors (Lipinski definition) is 1. The molecule has 0 unspecified atom stereocenters. The van der Waals surface area contributed by atoms with Crippen molar-refractivity contribution < 1.29 is 9.53 Å². The van der Waals surface area contributed by atoms with E-state index in [0.29, 0.717) is 6.61 Å². The van der Waals surface area contributed by atoms with Crippen LogP contribution >= 0.6 is 11.8 Å². The molecule has 1 N–H and O–H groups in total. The molecule has 136 valence electrons. The van der Waals surface area contributed by atoms with Crippen LogP contribution in [0.2, 0.25) is 0 Å². The highest BCUT2D eigenvalue weighted by Crippen LogP contribution is 2.27. The van der Waals surface area contributed by atoms with Gasteiger partial charge in [-0.2, -0.15) is 0 Å². The maximum Gasteiger partial charge on any atom is 0.237 e. The lowest BCUT2D eigenvalue weighted by Crippen LogP contribution is -2.24. The predicted octanol–water partition coefficient (Wildman–Crippen LogP) is 3.88. The highest BCUT2D eigenvalue weighted by atomic mass is 32.2. The average Bonchev–Trinajstić information content (AvgIpc) is 2.83. The number of amides is 1. The van der Waals surface area contributed by atoms with Crippen LogP contribution in [-0.4, -0.2) is 34.4 Å². The van der Waals surface area contributed by atoms with Gasteiger partial charge in [0.2, 0.25) is 5.91 Å². The van der Waals surface area contributed by atoms with Gasteiger partial charge < -0.3 is 14.6 Å². The number of aromatic nitrogens is 2. The molecule has 0 saturated heterocycles. The molecule has 6 heteroatoms. The Labute approximate surface area is 154 Å². The Hall–Kier alpha value is -1.79. The number of rotatable bonds is 7. The van der Waals surface area contributed by atoms with Crippen molar-refractivity contribution in [2.45, 2.75) is 51.6 Å². The number of methoxy groups -OCH3 is 1. The molecule has 0 aliphatic rings. The smallest absolute Gasteiger partial charge is 0.237 e. The van der Waals surface area contributed by atoms with Crippen LogP contribution in [0.1, 0.15) is 29.4 Å². The van der Waals surface area contributed by atoms with Crippen LogP contribution in [0.3, 0.4) is 0 Å². The topological polar surface area (TPSA) is 56.1 Å². The lowest BCUT2D eigenvalue weighted by Gasteiger charge is -2.16. The molecule has 0 aliphatic heterocycles. The number of carbonyl (C=O) groups is 1. The number of nitrogens with one attached hydrogen (secondary N) is 1. The summed E-state index contributed by atoms with van der Waals surface area (Å²) in [6.07, 6.45) is 0. The number of anilines is 1. The average molecular weight is 362 g/mol. The molecule has 2 aromatic rings. The lowest BCUT2D eigenvalue weighted by atomic mass is 10.1. The van der Waals surface area contributed by atoms with E-state index in [1.807, 2.05) is 52.8 Å². The molecule has 1 amide bonds. The first-order valence-electron chi connectivity index (χ1n) is 8.41. The highest BCUT2D eigenvalue weighted by Gasteiger charge is 2.20. The molecule has 0 fully saturated rings. The van der Waals surface area contributed by atoms with Crippen molar-refractivity contribution in [3.8, 4) is 0 Å². The first-order valence-corrected chi connectivity index (χ1v) is 9.29. The number of carbonyl (C=O) groups excluding carboxylic acids is 1. The van der Waals surface area contributed by atoms with Gasteiger partial charge in [-0.15, -0.1) is 0 Å². The Morgan fingerprint density at radius 1 is 1.28 bits per heavy atom. The molecule has 1 aromatic carbocycles. The summed E-state index contributed by atoms with van der Waals surface area (Å²) in [5.41, 5.74) is 5.13. The van der Waals surface area contributed by atoms with E-state index in [9.17, 15) is 4.79 Å². The normalized spacial score (nSPS) is 12.2. The van der Waals surface area contributed by atoms with E-state index in [1.54, 1.807) is 7.11 Å². The minimum Gasteiger partial charge on any atom is -0.383 e. The summed E-state index contributed by atoms with van der Waals surface area (Å²) in [5, 5.41) is 3.67. The first kappa shape index (κ1) is 19.5. The van der Waals surface area contributed by atoms with E-state index in [1.165, 1.54) is 11.8 Å². The predicted molar refractivity (Wildman–Crippen MR) is 103 cm³/mol. The molecule has 1 heterocycles.